The second-order valence-corrected chi connectivity index (χ2v) is 8.75. The molecule has 0 unspecified atom stereocenters. The van der Waals surface area contributed by atoms with Crippen molar-refractivity contribution in [1.29, 1.82) is 0 Å². The van der Waals surface area contributed by atoms with Crippen LogP contribution in [-0.2, 0) is 16.0 Å². The molecule has 5 rings (SSSR count). The minimum atomic E-state index is -1.23. The molecule has 1 amide bonds. The molecule has 0 aliphatic carbocycles. The third kappa shape index (κ3) is 3.99. The number of hydrogen-bond donors (Lipinski definition) is 1. The Morgan fingerprint density at radius 1 is 0.971 bits per heavy atom. The molecule has 0 fully saturated rings. The van der Waals surface area contributed by atoms with E-state index in [0.717, 1.165) is 35.6 Å². The molecule has 3 aromatic rings. The Bertz CT molecular complexity index is 1340. The van der Waals surface area contributed by atoms with Crippen molar-refractivity contribution < 1.29 is 14.7 Å². The van der Waals surface area contributed by atoms with Gasteiger partial charge in [0.2, 0.25) is 0 Å². The molecule has 0 saturated heterocycles. The van der Waals surface area contributed by atoms with Crippen LogP contribution in [0.2, 0.25) is 0 Å². The molecule has 0 atom stereocenters. The summed E-state index contributed by atoms with van der Waals surface area (Å²) in [5.74, 6) is -1.67. The Morgan fingerprint density at radius 2 is 1.71 bits per heavy atom. The number of carboxylic acid groups (broad SMARTS) is 1. The number of anilines is 3. The maximum absolute atomic E-state index is 13.1. The summed E-state index contributed by atoms with van der Waals surface area (Å²) in [5.41, 5.74) is 7.11. The van der Waals surface area contributed by atoms with Crippen molar-refractivity contribution in [3.63, 3.8) is 0 Å². The van der Waals surface area contributed by atoms with Crippen LogP contribution in [0.15, 0.2) is 77.4 Å². The molecule has 0 radical (unpaired) electrons. The molecule has 2 aliphatic rings. The molecule has 3 aromatic carbocycles. The van der Waals surface area contributed by atoms with Crippen molar-refractivity contribution in [2.24, 2.45) is 5.10 Å². The van der Waals surface area contributed by atoms with Crippen LogP contribution < -0.4 is 9.91 Å². The average Bonchev–Trinajstić information content (AvgIpc) is 3.14. The van der Waals surface area contributed by atoms with Gasteiger partial charge in [0.15, 0.2) is 5.71 Å². The SMILES string of the molecule is Cc1cc(C)cc(N2CCCc3cc(C=C4C(=O)N(c5ccccc5)N=C4C(=O)O)ccc32)c1. The van der Waals surface area contributed by atoms with Gasteiger partial charge in [0.05, 0.1) is 11.3 Å². The number of aryl methyl sites for hydroxylation is 3. The van der Waals surface area contributed by atoms with Gasteiger partial charge in [-0.1, -0.05) is 30.3 Å². The lowest BCUT2D eigenvalue weighted by molar-refractivity contribution is -0.129. The van der Waals surface area contributed by atoms with E-state index in [4.69, 9.17) is 0 Å². The maximum atomic E-state index is 13.1. The quantitative estimate of drug-likeness (QED) is 0.549. The number of nitrogens with zero attached hydrogens (tertiary/aromatic N) is 3. The minimum absolute atomic E-state index is 0.0817. The van der Waals surface area contributed by atoms with Crippen LogP contribution in [0.5, 0.6) is 0 Å². The Labute approximate surface area is 198 Å². The molecule has 34 heavy (non-hydrogen) atoms. The molecule has 0 bridgehead atoms. The van der Waals surface area contributed by atoms with E-state index in [1.807, 2.05) is 12.1 Å². The van der Waals surface area contributed by atoms with Crippen molar-refractivity contribution in [3.8, 4) is 0 Å². The molecular weight excluding hydrogens is 426 g/mol. The van der Waals surface area contributed by atoms with Gasteiger partial charge in [0.1, 0.15) is 0 Å². The summed E-state index contributed by atoms with van der Waals surface area (Å²) >= 11 is 0. The van der Waals surface area contributed by atoms with Crippen molar-refractivity contribution in [2.45, 2.75) is 26.7 Å². The number of rotatable bonds is 4. The summed E-state index contributed by atoms with van der Waals surface area (Å²) in [6.07, 6.45) is 3.58. The van der Waals surface area contributed by atoms with Gasteiger partial charge in [-0.15, -0.1) is 0 Å². The van der Waals surface area contributed by atoms with Crippen molar-refractivity contribution >= 4 is 40.7 Å². The van der Waals surface area contributed by atoms with Crippen LogP contribution in [0.1, 0.15) is 28.7 Å². The van der Waals surface area contributed by atoms with E-state index in [2.05, 4.69) is 54.2 Å². The first-order chi connectivity index (χ1) is 16.4. The van der Waals surface area contributed by atoms with Crippen LogP contribution in [0.3, 0.4) is 0 Å². The first kappa shape index (κ1) is 21.6. The highest BCUT2D eigenvalue weighted by Crippen LogP contribution is 2.35. The standard InChI is InChI=1S/C28H25N3O3/c1-18-13-19(2)15-23(14-18)30-12-6-7-21-16-20(10-11-25(21)30)17-24-26(28(33)34)29-31(27(24)32)22-8-4-3-5-9-22/h3-5,8-11,13-17H,6-7,12H2,1-2H3,(H,33,34). The largest absolute Gasteiger partial charge is 0.476 e. The van der Waals surface area contributed by atoms with Crippen molar-refractivity contribution in [2.75, 3.05) is 16.5 Å². The highest BCUT2D eigenvalue weighted by Gasteiger charge is 2.35. The predicted octanol–water partition coefficient (Wildman–Crippen LogP) is 5.26. The Hall–Kier alpha value is -4.19. The van der Waals surface area contributed by atoms with Gasteiger partial charge in [-0.05, 0) is 91.4 Å². The number of benzene rings is 3. The summed E-state index contributed by atoms with van der Waals surface area (Å²) in [6, 6.07) is 21.5. The fourth-order valence-corrected chi connectivity index (χ4v) is 4.70. The van der Waals surface area contributed by atoms with E-state index < -0.39 is 11.9 Å². The molecular formula is C28H25N3O3. The first-order valence-corrected chi connectivity index (χ1v) is 11.3. The van der Waals surface area contributed by atoms with E-state index in [1.165, 1.54) is 22.4 Å². The fraction of sp³-hybridized carbons (Fsp3) is 0.179. The fourth-order valence-electron chi connectivity index (χ4n) is 4.70. The lowest BCUT2D eigenvalue weighted by Gasteiger charge is -2.32. The highest BCUT2D eigenvalue weighted by molar-refractivity contribution is 6.53. The van der Waals surface area contributed by atoms with Crippen LogP contribution in [0.4, 0.5) is 17.1 Å². The molecule has 170 valence electrons. The Kier molecular flexibility index (Phi) is 5.49. The van der Waals surface area contributed by atoms with Gasteiger partial charge in [0, 0.05) is 17.9 Å². The number of carbonyl (C=O) groups excluding carboxylic acids is 1. The van der Waals surface area contributed by atoms with Gasteiger partial charge in [0.25, 0.3) is 5.91 Å². The Morgan fingerprint density at radius 3 is 2.41 bits per heavy atom. The molecule has 1 N–H and O–H groups in total. The summed E-state index contributed by atoms with van der Waals surface area (Å²) in [5, 5.41) is 14.9. The number of amides is 1. The lowest BCUT2D eigenvalue weighted by atomic mass is 9.96. The van der Waals surface area contributed by atoms with Gasteiger partial charge >= 0.3 is 5.97 Å². The molecule has 0 spiro atoms. The topological polar surface area (TPSA) is 73.2 Å². The van der Waals surface area contributed by atoms with E-state index in [-0.39, 0.29) is 11.3 Å². The molecule has 6 nitrogen and oxygen atoms in total. The predicted molar refractivity (Wildman–Crippen MR) is 135 cm³/mol. The number of hydrazone groups is 1. The highest BCUT2D eigenvalue weighted by atomic mass is 16.4. The van der Waals surface area contributed by atoms with E-state index in [9.17, 15) is 14.7 Å². The first-order valence-electron chi connectivity index (χ1n) is 11.3. The van der Waals surface area contributed by atoms with E-state index in [0.29, 0.717) is 5.69 Å². The summed E-state index contributed by atoms with van der Waals surface area (Å²) < 4.78 is 0. The van der Waals surface area contributed by atoms with E-state index >= 15 is 0 Å². The van der Waals surface area contributed by atoms with Crippen LogP contribution in [0, 0.1) is 13.8 Å². The third-order valence-electron chi connectivity index (χ3n) is 6.13. The zero-order valence-corrected chi connectivity index (χ0v) is 19.2. The molecule has 0 saturated carbocycles. The van der Waals surface area contributed by atoms with Gasteiger partial charge < -0.3 is 10.0 Å². The van der Waals surface area contributed by atoms with Crippen LogP contribution in [-0.4, -0.2) is 29.2 Å². The maximum Gasteiger partial charge on any atom is 0.357 e. The zero-order valence-electron chi connectivity index (χ0n) is 19.2. The number of para-hydroxylation sites is 1. The number of carboxylic acids is 1. The van der Waals surface area contributed by atoms with Gasteiger partial charge in [-0.2, -0.15) is 10.1 Å². The summed E-state index contributed by atoms with van der Waals surface area (Å²) in [6.45, 7) is 5.15. The second kappa shape index (κ2) is 8.63. The zero-order chi connectivity index (χ0) is 23.8. The third-order valence-corrected chi connectivity index (χ3v) is 6.13. The van der Waals surface area contributed by atoms with Gasteiger partial charge in [-0.3, -0.25) is 4.79 Å². The molecule has 6 heteroatoms. The van der Waals surface area contributed by atoms with Crippen molar-refractivity contribution in [1.82, 2.24) is 0 Å². The van der Waals surface area contributed by atoms with Crippen molar-refractivity contribution in [3.05, 3.63) is 94.6 Å². The smallest absolute Gasteiger partial charge is 0.357 e. The Balaban J connectivity index is 1.50. The number of aliphatic carboxylic acids is 1. The molecule has 2 aliphatic heterocycles. The molecule has 0 aromatic heterocycles. The summed E-state index contributed by atoms with van der Waals surface area (Å²) in [7, 11) is 0. The lowest BCUT2D eigenvalue weighted by Crippen LogP contribution is -2.24. The molecule has 2 heterocycles. The number of carbonyl (C=O) groups is 2. The number of hydrogen-bond acceptors (Lipinski definition) is 4. The monoisotopic (exact) mass is 451 g/mol. The van der Waals surface area contributed by atoms with Gasteiger partial charge in [-0.25, -0.2) is 4.79 Å². The second-order valence-electron chi connectivity index (χ2n) is 8.75. The minimum Gasteiger partial charge on any atom is -0.476 e. The number of fused-ring (bicyclic) bond motifs is 1. The van der Waals surface area contributed by atoms with E-state index in [1.54, 1.807) is 30.3 Å². The normalized spacial score (nSPS) is 16.6. The van der Waals surface area contributed by atoms with Crippen LogP contribution >= 0.6 is 0 Å². The summed E-state index contributed by atoms with van der Waals surface area (Å²) in [4.78, 5) is 27.3. The average molecular weight is 452 g/mol. The van der Waals surface area contributed by atoms with Crippen LogP contribution in [0.25, 0.3) is 6.08 Å².